The minimum atomic E-state index is 0.390. The lowest BCUT2D eigenvalue weighted by molar-refractivity contribution is 0.305. The van der Waals surface area contributed by atoms with E-state index in [4.69, 9.17) is 9.73 Å². The van der Waals surface area contributed by atoms with E-state index >= 15 is 0 Å². The smallest absolute Gasteiger partial charge is 0.213 e. The number of rotatable bonds is 8. The lowest BCUT2D eigenvalue weighted by atomic mass is 10.2. The predicted octanol–water partition coefficient (Wildman–Crippen LogP) is 3.20. The summed E-state index contributed by atoms with van der Waals surface area (Å²) in [6, 6.07) is 14.9. The van der Waals surface area contributed by atoms with Crippen molar-refractivity contribution in [2.24, 2.45) is 4.99 Å². The number of pyridine rings is 1. The maximum atomic E-state index is 5.53. The zero-order valence-corrected chi connectivity index (χ0v) is 16.9. The molecule has 1 aromatic carbocycles. The van der Waals surface area contributed by atoms with Crippen LogP contribution in [0.1, 0.15) is 32.3 Å². The van der Waals surface area contributed by atoms with E-state index in [1.807, 2.05) is 18.3 Å². The van der Waals surface area contributed by atoms with E-state index in [1.54, 1.807) is 0 Å². The molecule has 1 aliphatic rings. The first kappa shape index (κ1) is 20.0. The molecular weight excluding hydrogens is 350 g/mol. The average Bonchev–Trinajstić information content (AvgIpc) is 3.20. The molecule has 1 aliphatic heterocycles. The number of guanidine groups is 1. The molecule has 0 aliphatic carbocycles. The minimum absolute atomic E-state index is 0.390. The lowest BCUT2D eigenvalue weighted by Crippen LogP contribution is -2.44. The maximum absolute atomic E-state index is 5.53. The molecule has 2 heterocycles. The van der Waals surface area contributed by atoms with Gasteiger partial charge >= 0.3 is 0 Å². The van der Waals surface area contributed by atoms with Gasteiger partial charge in [-0.25, -0.2) is 9.98 Å². The van der Waals surface area contributed by atoms with E-state index in [0.29, 0.717) is 25.1 Å². The van der Waals surface area contributed by atoms with Gasteiger partial charge in [-0.2, -0.15) is 0 Å². The van der Waals surface area contributed by atoms with Crippen molar-refractivity contribution >= 4 is 11.6 Å². The lowest BCUT2D eigenvalue weighted by Gasteiger charge is -2.20. The largest absolute Gasteiger partial charge is 0.478 e. The molecule has 1 atom stereocenters. The topological polar surface area (TPSA) is 61.8 Å². The third-order valence-electron chi connectivity index (χ3n) is 4.67. The third-order valence-corrected chi connectivity index (χ3v) is 4.67. The molecule has 1 unspecified atom stereocenters. The molecule has 6 nitrogen and oxygen atoms in total. The maximum Gasteiger partial charge on any atom is 0.213 e. The molecule has 28 heavy (non-hydrogen) atoms. The van der Waals surface area contributed by atoms with Crippen molar-refractivity contribution in [1.29, 1.82) is 0 Å². The SMILES string of the molecule is CCCOc1ccc(CN=C(NCC)NC2CCN(c3ccccc3)C2)cn1. The highest BCUT2D eigenvalue weighted by Gasteiger charge is 2.23. The van der Waals surface area contributed by atoms with Crippen LogP contribution in [0.4, 0.5) is 5.69 Å². The summed E-state index contributed by atoms with van der Waals surface area (Å²) in [7, 11) is 0. The average molecular weight is 382 g/mol. The summed E-state index contributed by atoms with van der Waals surface area (Å²) in [6.45, 7) is 8.34. The number of hydrogen-bond donors (Lipinski definition) is 2. The normalized spacial score (nSPS) is 16.9. The Morgan fingerprint density at radius 1 is 1.21 bits per heavy atom. The van der Waals surface area contributed by atoms with E-state index in [-0.39, 0.29) is 0 Å². The Labute approximate surface area is 168 Å². The Kier molecular flexibility index (Phi) is 7.53. The van der Waals surface area contributed by atoms with Crippen LogP contribution < -0.4 is 20.3 Å². The number of nitrogens with zero attached hydrogens (tertiary/aromatic N) is 3. The highest BCUT2D eigenvalue weighted by Crippen LogP contribution is 2.19. The van der Waals surface area contributed by atoms with Crippen LogP contribution in [-0.4, -0.2) is 43.2 Å². The van der Waals surface area contributed by atoms with Gasteiger partial charge in [-0.15, -0.1) is 0 Å². The molecule has 3 rings (SSSR count). The van der Waals surface area contributed by atoms with E-state index in [9.17, 15) is 0 Å². The number of benzene rings is 1. The van der Waals surface area contributed by atoms with Gasteiger partial charge in [0.1, 0.15) is 0 Å². The number of anilines is 1. The highest BCUT2D eigenvalue weighted by atomic mass is 16.5. The fraction of sp³-hybridized carbons (Fsp3) is 0.455. The Morgan fingerprint density at radius 2 is 2.07 bits per heavy atom. The second-order valence-corrected chi connectivity index (χ2v) is 6.96. The molecule has 2 aromatic rings. The van der Waals surface area contributed by atoms with Crippen LogP contribution in [0.2, 0.25) is 0 Å². The van der Waals surface area contributed by atoms with Crippen LogP contribution in [0.5, 0.6) is 5.88 Å². The van der Waals surface area contributed by atoms with E-state index < -0.39 is 0 Å². The van der Waals surface area contributed by atoms with Crippen molar-refractivity contribution < 1.29 is 4.74 Å². The van der Waals surface area contributed by atoms with Crippen molar-refractivity contribution in [3.05, 3.63) is 54.2 Å². The fourth-order valence-electron chi connectivity index (χ4n) is 3.23. The standard InChI is InChI=1S/C22H31N5O/c1-3-14-28-21-11-10-18(15-24-21)16-25-22(23-4-2)26-19-12-13-27(17-19)20-8-6-5-7-9-20/h5-11,15,19H,3-4,12-14,16-17H2,1-2H3,(H2,23,25,26). The molecular formula is C22H31N5O. The molecule has 0 amide bonds. The Balaban J connectivity index is 1.54. The van der Waals surface area contributed by atoms with Gasteiger partial charge in [0.25, 0.3) is 0 Å². The number of ether oxygens (including phenoxy) is 1. The molecule has 0 radical (unpaired) electrons. The first-order valence-corrected chi connectivity index (χ1v) is 10.2. The second kappa shape index (κ2) is 10.5. The monoisotopic (exact) mass is 381 g/mol. The zero-order valence-electron chi connectivity index (χ0n) is 16.9. The van der Waals surface area contributed by atoms with Gasteiger partial charge in [0.2, 0.25) is 5.88 Å². The summed E-state index contributed by atoms with van der Waals surface area (Å²) in [5, 5.41) is 6.93. The van der Waals surface area contributed by atoms with Crippen LogP contribution in [0, 0.1) is 0 Å². The van der Waals surface area contributed by atoms with Crippen molar-refractivity contribution in [2.45, 2.75) is 39.3 Å². The first-order valence-electron chi connectivity index (χ1n) is 10.2. The second-order valence-electron chi connectivity index (χ2n) is 6.96. The van der Waals surface area contributed by atoms with Gasteiger partial charge in [-0.3, -0.25) is 0 Å². The summed E-state index contributed by atoms with van der Waals surface area (Å²) < 4.78 is 5.53. The molecule has 1 fully saturated rings. The predicted molar refractivity (Wildman–Crippen MR) is 115 cm³/mol. The minimum Gasteiger partial charge on any atom is -0.478 e. The third kappa shape index (κ3) is 5.87. The van der Waals surface area contributed by atoms with Crippen LogP contribution >= 0.6 is 0 Å². The van der Waals surface area contributed by atoms with Gasteiger partial charge < -0.3 is 20.3 Å². The zero-order chi connectivity index (χ0) is 19.6. The molecule has 6 heteroatoms. The quantitative estimate of drug-likeness (QED) is 0.543. The van der Waals surface area contributed by atoms with Crippen LogP contribution in [0.25, 0.3) is 0 Å². The van der Waals surface area contributed by atoms with Gasteiger partial charge in [0, 0.05) is 43.6 Å². The molecule has 1 aromatic heterocycles. The first-order chi connectivity index (χ1) is 13.8. The van der Waals surface area contributed by atoms with Crippen molar-refractivity contribution in [1.82, 2.24) is 15.6 Å². The number of para-hydroxylation sites is 1. The van der Waals surface area contributed by atoms with E-state index in [1.165, 1.54) is 5.69 Å². The molecule has 0 spiro atoms. The molecule has 2 N–H and O–H groups in total. The van der Waals surface area contributed by atoms with Gasteiger partial charge in [-0.05, 0) is 37.5 Å². The molecule has 0 saturated carbocycles. The van der Waals surface area contributed by atoms with Crippen LogP contribution in [0.15, 0.2) is 53.7 Å². The van der Waals surface area contributed by atoms with Crippen LogP contribution in [0.3, 0.4) is 0 Å². The summed E-state index contributed by atoms with van der Waals surface area (Å²) in [5.74, 6) is 1.53. The summed E-state index contributed by atoms with van der Waals surface area (Å²) in [4.78, 5) is 11.5. The summed E-state index contributed by atoms with van der Waals surface area (Å²) in [6.07, 6.45) is 3.92. The summed E-state index contributed by atoms with van der Waals surface area (Å²) >= 11 is 0. The Bertz CT molecular complexity index is 732. The molecule has 150 valence electrons. The highest BCUT2D eigenvalue weighted by molar-refractivity contribution is 5.80. The van der Waals surface area contributed by atoms with E-state index in [0.717, 1.165) is 44.0 Å². The Morgan fingerprint density at radius 3 is 2.79 bits per heavy atom. The van der Waals surface area contributed by atoms with Crippen molar-refractivity contribution in [2.75, 3.05) is 31.1 Å². The Hall–Kier alpha value is -2.76. The van der Waals surface area contributed by atoms with Gasteiger partial charge in [-0.1, -0.05) is 31.2 Å². The van der Waals surface area contributed by atoms with Gasteiger partial charge in [0.05, 0.1) is 13.2 Å². The molecule has 1 saturated heterocycles. The number of hydrogen-bond acceptors (Lipinski definition) is 4. The summed E-state index contributed by atoms with van der Waals surface area (Å²) in [5.41, 5.74) is 2.35. The number of aliphatic imine (C=N–C) groups is 1. The number of nitrogens with one attached hydrogen (secondary N) is 2. The fourth-order valence-corrected chi connectivity index (χ4v) is 3.23. The number of aromatic nitrogens is 1. The van der Waals surface area contributed by atoms with Crippen molar-refractivity contribution in [3.63, 3.8) is 0 Å². The van der Waals surface area contributed by atoms with Crippen LogP contribution in [-0.2, 0) is 6.54 Å². The van der Waals surface area contributed by atoms with Gasteiger partial charge in [0.15, 0.2) is 5.96 Å². The molecule has 0 bridgehead atoms. The van der Waals surface area contributed by atoms with Crippen molar-refractivity contribution in [3.8, 4) is 5.88 Å². The van der Waals surface area contributed by atoms with E-state index in [2.05, 4.69) is 64.7 Å².